The number of aryl methyl sites for hydroxylation is 1. The van der Waals surface area contributed by atoms with Gasteiger partial charge in [-0.2, -0.15) is 11.8 Å². The lowest BCUT2D eigenvalue weighted by atomic mass is 10.2. The van der Waals surface area contributed by atoms with E-state index in [-0.39, 0.29) is 18.9 Å². The van der Waals surface area contributed by atoms with Crippen molar-refractivity contribution in [3.05, 3.63) is 63.6 Å². The summed E-state index contributed by atoms with van der Waals surface area (Å²) in [7, 11) is -3.41. The number of nitrogens with one attached hydrogen (secondary N) is 1. The van der Waals surface area contributed by atoms with Crippen LogP contribution in [0, 0.1) is 6.92 Å². The number of sulfonamides is 1. The minimum absolute atomic E-state index is 0.0854. The van der Waals surface area contributed by atoms with Gasteiger partial charge >= 0.3 is 0 Å². The Hall–Kier alpha value is -1.41. The van der Waals surface area contributed by atoms with Crippen molar-refractivity contribution in [3.8, 4) is 0 Å². The maximum Gasteiger partial charge on any atom is 0.232 e. The summed E-state index contributed by atoms with van der Waals surface area (Å²) in [5, 5.41) is 4.12. The topological polar surface area (TPSA) is 66.5 Å². The predicted molar refractivity (Wildman–Crippen MR) is 128 cm³/mol. The molecule has 0 saturated heterocycles. The summed E-state index contributed by atoms with van der Waals surface area (Å²) in [6.45, 7) is 2.72. The van der Waals surface area contributed by atoms with E-state index in [0.29, 0.717) is 28.7 Å². The van der Waals surface area contributed by atoms with Gasteiger partial charge in [0.15, 0.2) is 0 Å². The van der Waals surface area contributed by atoms with Crippen molar-refractivity contribution in [1.29, 1.82) is 0 Å². The summed E-state index contributed by atoms with van der Waals surface area (Å²) in [6, 6.07) is 12.8. The SMILES string of the molecule is Cc1cccc(N(CCCC(=O)NCCSCc2ccc(Cl)cc2Cl)S(C)(=O)=O)c1. The van der Waals surface area contributed by atoms with Crippen LogP contribution in [0.25, 0.3) is 0 Å². The van der Waals surface area contributed by atoms with Crippen molar-refractivity contribution in [3.63, 3.8) is 0 Å². The third-order valence-corrected chi connectivity index (χ3v) is 7.09. The minimum atomic E-state index is -3.41. The van der Waals surface area contributed by atoms with E-state index in [0.717, 1.165) is 22.6 Å². The standard InChI is InChI=1S/C21H26Cl2N2O3S2/c1-16-5-3-6-19(13-16)25(30(2,27)28)11-4-7-21(26)24-10-12-29-15-17-8-9-18(22)14-20(17)23/h3,5-6,8-9,13-14H,4,7,10-12,15H2,1-2H3,(H,24,26). The van der Waals surface area contributed by atoms with Gasteiger partial charge < -0.3 is 5.32 Å². The summed E-state index contributed by atoms with van der Waals surface area (Å²) in [5.41, 5.74) is 2.61. The molecule has 30 heavy (non-hydrogen) atoms. The Morgan fingerprint density at radius 2 is 1.93 bits per heavy atom. The number of rotatable bonds is 11. The van der Waals surface area contributed by atoms with Crippen molar-refractivity contribution in [2.75, 3.05) is 29.4 Å². The van der Waals surface area contributed by atoms with Crippen molar-refractivity contribution in [1.82, 2.24) is 5.32 Å². The minimum Gasteiger partial charge on any atom is -0.355 e. The second-order valence-electron chi connectivity index (χ2n) is 6.92. The van der Waals surface area contributed by atoms with E-state index in [2.05, 4.69) is 5.32 Å². The van der Waals surface area contributed by atoms with Crippen LogP contribution < -0.4 is 9.62 Å². The van der Waals surface area contributed by atoms with Crippen molar-refractivity contribution >= 4 is 56.6 Å². The Kier molecular flexibility index (Phi) is 9.81. The zero-order valence-electron chi connectivity index (χ0n) is 17.0. The van der Waals surface area contributed by atoms with Crippen LogP contribution in [0.5, 0.6) is 0 Å². The molecule has 0 fully saturated rings. The number of halogens is 2. The number of thioether (sulfide) groups is 1. The molecule has 0 aliphatic rings. The van der Waals surface area contributed by atoms with Crippen molar-refractivity contribution in [2.24, 2.45) is 0 Å². The molecule has 0 aromatic heterocycles. The van der Waals surface area contributed by atoms with Crippen LogP contribution in [0.1, 0.15) is 24.0 Å². The van der Waals surface area contributed by atoms with Gasteiger partial charge in [-0.15, -0.1) is 0 Å². The van der Waals surface area contributed by atoms with Crippen LogP contribution in [-0.4, -0.2) is 39.4 Å². The largest absolute Gasteiger partial charge is 0.355 e. The molecule has 1 N–H and O–H groups in total. The second kappa shape index (κ2) is 11.8. The Labute approximate surface area is 193 Å². The number of nitrogens with zero attached hydrogens (tertiary/aromatic N) is 1. The van der Waals surface area contributed by atoms with Gasteiger partial charge in [-0.1, -0.05) is 41.4 Å². The first-order valence-electron chi connectivity index (χ1n) is 9.49. The van der Waals surface area contributed by atoms with Gasteiger partial charge in [-0.25, -0.2) is 8.42 Å². The Morgan fingerprint density at radius 3 is 2.60 bits per heavy atom. The van der Waals surface area contributed by atoms with Crippen LogP contribution in [0.2, 0.25) is 10.0 Å². The fourth-order valence-electron chi connectivity index (χ4n) is 2.82. The maximum absolute atomic E-state index is 12.1. The van der Waals surface area contributed by atoms with E-state index in [1.165, 1.54) is 10.6 Å². The predicted octanol–water partition coefficient (Wildman–Crippen LogP) is 4.90. The van der Waals surface area contributed by atoms with Crippen LogP contribution in [0.15, 0.2) is 42.5 Å². The molecule has 0 bridgehead atoms. The molecule has 0 aliphatic heterocycles. The zero-order chi connectivity index (χ0) is 22.1. The summed E-state index contributed by atoms with van der Waals surface area (Å²) in [4.78, 5) is 12.1. The Balaban J connectivity index is 1.70. The molecule has 2 aromatic carbocycles. The number of hydrogen-bond acceptors (Lipinski definition) is 4. The first-order chi connectivity index (χ1) is 14.2. The van der Waals surface area contributed by atoms with Gasteiger partial charge in [0.25, 0.3) is 0 Å². The second-order valence-corrected chi connectivity index (χ2v) is 10.8. The molecule has 1 amide bonds. The molecule has 9 heteroatoms. The van der Waals surface area contributed by atoms with Gasteiger partial charge in [-0.05, 0) is 48.7 Å². The fourth-order valence-corrected chi connectivity index (χ4v) is 5.20. The molecule has 164 valence electrons. The van der Waals surface area contributed by atoms with Crippen LogP contribution in [-0.2, 0) is 20.6 Å². The van der Waals surface area contributed by atoms with E-state index in [1.807, 2.05) is 37.3 Å². The number of amides is 1. The highest BCUT2D eigenvalue weighted by molar-refractivity contribution is 7.98. The van der Waals surface area contributed by atoms with Crippen LogP contribution >= 0.6 is 35.0 Å². The maximum atomic E-state index is 12.1. The molecule has 0 atom stereocenters. The molecular formula is C21H26Cl2N2O3S2. The van der Waals surface area contributed by atoms with E-state index in [9.17, 15) is 13.2 Å². The number of benzene rings is 2. The van der Waals surface area contributed by atoms with Gasteiger partial charge in [-0.3, -0.25) is 9.10 Å². The lowest BCUT2D eigenvalue weighted by Gasteiger charge is -2.22. The van der Waals surface area contributed by atoms with Crippen molar-refractivity contribution in [2.45, 2.75) is 25.5 Å². The highest BCUT2D eigenvalue weighted by atomic mass is 35.5. The first kappa shape index (κ1) is 24.9. The molecule has 0 heterocycles. The molecule has 2 rings (SSSR count). The first-order valence-corrected chi connectivity index (χ1v) is 13.3. The third-order valence-electron chi connectivity index (χ3n) is 4.30. The molecule has 0 spiro atoms. The van der Waals surface area contributed by atoms with E-state index < -0.39 is 10.0 Å². The van der Waals surface area contributed by atoms with E-state index in [4.69, 9.17) is 23.2 Å². The quantitative estimate of drug-likeness (QED) is 0.456. The Bertz CT molecular complexity index is 968. The van der Waals surface area contributed by atoms with Gasteiger partial charge in [0.2, 0.25) is 15.9 Å². The van der Waals surface area contributed by atoms with Crippen molar-refractivity contribution < 1.29 is 13.2 Å². The number of carbonyl (C=O) groups is 1. The summed E-state index contributed by atoms with van der Waals surface area (Å²) in [5.74, 6) is 1.41. The molecule has 0 saturated carbocycles. The van der Waals surface area contributed by atoms with Gasteiger partial charge in [0.05, 0.1) is 11.9 Å². The number of hydrogen-bond donors (Lipinski definition) is 1. The monoisotopic (exact) mass is 488 g/mol. The number of carbonyl (C=O) groups excluding carboxylic acids is 1. The summed E-state index contributed by atoms with van der Waals surface area (Å²) in [6.07, 6.45) is 1.89. The Morgan fingerprint density at radius 1 is 1.17 bits per heavy atom. The smallest absolute Gasteiger partial charge is 0.232 e. The molecule has 5 nitrogen and oxygen atoms in total. The van der Waals surface area contributed by atoms with Gasteiger partial charge in [0, 0.05) is 41.1 Å². The molecule has 0 radical (unpaired) electrons. The highest BCUT2D eigenvalue weighted by Gasteiger charge is 2.17. The van der Waals surface area contributed by atoms with Crippen LogP contribution in [0.3, 0.4) is 0 Å². The lowest BCUT2D eigenvalue weighted by Crippen LogP contribution is -2.32. The molecule has 2 aromatic rings. The molecule has 0 aliphatic carbocycles. The average molecular weight is 489 g/mol. The fraction of sp³-hybridized carbons (Fsp3) is 0.381. The molecular weight excluding hydrogens is 463 g/mol. The van der Waals surface area contributed by atoms with E-state index >= 15 is 0 Å². The number of anilines is 1. The summed E-state index contributed by atoms with van der Waals surface area (Å²) < 4.78 is 25.6. The normalized spacial score (nSPS) is 11.3. The lowest BCUT2D eigenvalue weighted by molar-refractivity contribution is -0.121. The average Bonchev–Trinajstić information content (AvgIpc) is 2.65. The third kappa shape index (κ3) is 8.38. The highest BCUT2D eigenvalue weighted by Crippen LogP contribution is 2.24. The van der Waals surface area contributed by atoms with E-state index in [1.54, 1.807) is 23.9 Å². The van der Waals surface area contributed by atoms with Crippen LogP contribution in [0.4, 0.5) is 5.69 Å². The molecule has 0 unspecified atom stereocenters. The summed E-state index contributed by atoms with van der Waals surface area (Å²) >= 11 is 13.7. The van der Waals surface area contributed by atoms with Gasteiger partial charge in [0.1, 0.15) is 0 Å². The zero-order valence-corrected chi connectivity index (χ0v) is 20.2.